The minimum atomic E-state index is -0.303. The molecule has 5 nitrogen and oxygen atoms in total. The van der Waals surface area contributed by atoms with Crippen LogP contribution in [0, 0.1) is 6.92 Å². The Hall–Kier alpha value is -2.56. The molecule has 0 atom stereocenters. The normalized spacial score (nSPS) is 14.5. The number of hydrogen-bond acceptors (Lipinski definition) is 4. The van der Waals surface area contributed by atoms with E-state index in [1.165, 1.54) is 12.8 Å². The summed E-state index contributed by atoms with van der Waals surface area (Å²) >= 11 is 0. The van der Waals surface area contributed by atoms with Crippen molar-refractivity contribution in [1.82, 2.24) is 10.3 Å². The number of carbonyl (C=O) groups excluding carboxylic acids is 1. The lowest BCUT2D eigenvalue weighted by atomic mass is 10.1. The number of ether oxygens (including phenoxy) is 1. The maximum Gasteiger partial charge on any atom is 0.255 e. The molecule has 0 radical (unpaired) electrons. The lowest BCUT2D eigenvalue weighted by Gasteiger charge is -2.12. The third-order valence-electron chi connectivity index (χ3n) is 4.32. The lowest BCUT2D eigenvalue weighted by Crippen LogP contribution is -2.23. The minimum absolute atomic E-state index is 0.0217. The number of phenols is 1. The van der Waals surface area contributed by atoms with Crippen LogP contribution in [0.2, 0.25) is 0 Å². The Labute approximate surface area is 141 Å². The molecule has 3 rings (SSSR count). The van der Waals surface area contributed by atoms with E-state index in [-0.39, 0.29) is 23.3 Å². The van der Waals surface area contributed by atoms with E-state index in [1.54, 1.807) is 31.3 Å². The summed E-state index contributed by atoms with van der Waals surface area (Å²) < 4.78 is 5.82. The molecule has 1 fully saturated rings. The number of amides is 1. The molecule has 24 heavy (non-hydrogen) atoms. The zero-order valence-electron chi connectivity index (χ0n) is 13.8. The number of rotatable bonds is 5. The van der Waals surface area contributed by atoms with Gasteiger partial charge in [-0.2, -0.15) is 0 Å². The van der Waals surface area contributed by atoms with Crippen molar-refractivity contribution in [3.63, 3.8) is 0 Å². The van der Waals surface area contributed by atoms with E-state index in [2.05, 4.69) is 10.3 Å². The largest absolute Gasteiger partial charge is 0.507 e. The van der Waals surface area contributed by atoms with E-state index in [4.69, 9.17) is 4.74 Å². The maximum absolute atomic E-state index is 12.2. The van der Waals surface area contributed by atoms with E-state index in [1.807, 2.05) is 12.1 Å². The van der Waals surface area contributed by atoms with Gasteiger partial charge in [0.25, 0.3) is 5.91 Å². The second-order valence-electron chi connectivity index (χ2n) is 6.18. The molecule has 0 saturated heterocycles. The quantitative estimate of drug-likeness (QED) is 0.884. The molecule has 1 saturated carbocycles. The van der Waals surface area contributed by atoms with Crippen molar-refractivity contribution < 1.29 is 14.6 Å². The van der Waals surface area contributed by atoms with Crippen LogP contribution in [0.5, 0.6) is 11.6 Å². The fourth-order valence-corrected chi connectivity index (χ4v) is 2.88. The number of phenolic OH excluding ortho intramolecular Hbond substituents is 1. The van der Waals surface area contributed by atoms with E-state index in [9.17, 15) is 9.90 Å². The predicted molar refractivity (Wildman–Crippen MR) is 91.1 cm³/mol. The number of nitrogens with zero attached hydrogens (tertiary/aromatic N) is 1. The van der Waals surface area contributed by atoms with E-state index in [0.717, 1.165) is 18.4 Å². The summed E-state index contributed by atoms with van der Waals surface area (Å²) in [5.41, 5.74) is 1.84. The van der Waals surface area contributed by atoms with E-state index >= 15 is 0 Å². The summed E-state index contributed by atoms with van der Waals surface area (Å²) in [6.45, 7) is 2.11. The fraction of sp³-hybridized carbons (Fsp3) is 0.368. The van der Waals surface area contributed by atoms with Crippen molar-refractivity contribution in [3.05, 3.63) is 53.2 Å². The van der Waals surface area contributed by atoms with Crippen LogP contribution >= 0.6 is 0 Å². The van der Waals surface area contributed by atoms with Crippen LogP contribution in [0.1, 0.15) is 47.2 Å². The minimum Gasteiger partial charge on any atom is -0.507 e. The number of nitrogens with one attached hydrogen (secondary N) is 1. The standard InChI is InChI=1S/C19H22N2O3/c1-13-5-4-8-16(18(13)22)19(23)21-12-14-9-10-17(20-11-14)24-15-6-2-3-7-15/h4-5,8-11,15,22H,2-3,6-7,12H2,1H3,(H,21,23). The van der Waals surface area contributed by atoms with Gasteiger partial charge >= 0.3 is 0 Å². The summed E-state index contributed by atoms with van der Waals surface area (Å²) in [7, 11) is 0. The van der Waals surface area contributed by atoms with Crippen molar-refractivity contribution in [2.45, 2.75) is 45.3 Å². The van der Waals surface area contributed by atoms with Gasteiger partial charge in [-0.05, 0) is 49.8 Å². The first-order valence-electron chi connectivity index (χ1n) is 8.32. The summed E-state index contributed by atoms with van der Waals surface area (Å²) in [4.78, 5) is 16.5. The van der Waals surface area contributed by atoms with Gasteiger partial charge in [0.05, 0.1) is 5.56 Å². The Morgan fingerprint density at radius 3 is 2.79 bits per heavy atom. The van der Waals surface area contributed by atoms with Crippen molar-refractivity contribution in [2.24, 2.45) is 0 Å². The molecule has 0 spiro atoms. The van der Waals surface area contributed by atoms with Gasteiger partial charge in [0, 0.05) is 18.8 Å². The predicted octanol–water partition coefficient (Wildman–Crippen LogP) is 3.35. The Bertz CT molecular complexity index is 707. The third-order valence-corrected chi connectivity index (χ3v) is 4.32. The number of para-hydroxylation sites is 1. The second-order valence-corrected chi connectivity index (χ2v) is 6.18. The molecule has 1 aliphatic rings. The molecule has 1 aromatic heterocycles. The molecule has 0 bridgehead atoms. The van der Waals surface area contributed by atoms with Crippen molar-refractivity contribution in [3.8, 4) is 11.6 Å². The van der Waals surface area contributed by atoms with Gasteiger partial charge in [-0.3, -0.25) is 4.79 Å². The van der Waals surface area contributed by atoms with Gasteiger partial charge in [-0.25, -0.2) is 4.98 Å². The highest BCUT2D eigenvalue weighted by atomic mass is 16.5. The van der Waals surface area contributed by atoms with Crippen LogP contribution < -0.4 is 10.1 Å². The molecule has 1 amide bonds. The molecule has 5 heteroatoms. The first-order valence-corrected chi connectivity index (χ1v) is 8.32. The first-order chi connectivity index (χ1) is 11.6. The Kier molecular flexibility index (Phi) is 4.99. The van der Waals surface area contributed by atoms with Crippen molar-refractivity contribution in [1.29, 1.82) is 0 Å². The molecule has 126 valence electrons. The molecule has 1 aromatic carbocycles. The average molecular weight is 326 g/mol. The van der Waals surface area contributed by atoms with Gasteiger partial charge in [0.1, 0.15) is 11.9 Å². The Balaban J connectivity index is 1.56. The SMILES string of the molecule is Cc1cccc(C(=O)NCc2ccc(OC3CCCC3)nc2)c1O. The number of aromatic nitrogens is 1. The number of carbonyl (C=O) groups is 1. The zero-order valence-corrected chi connectivity index (χ0v) is 13.8. The molecular formula is C19H22N2O3. The second kappa shape index (κ2) is 7.34. The fourth-order valence-electron chi connectivity index (χ4n) is 2.88. The molecule has 2 N–H and O–H groups in total. The monoisotopic (exact) mass is 326 g/mol. The molecular weight excluding hydrogens is 304 g/mol. The van der Waals surface area contributed by atoms with Crippen LogP contribution in [0.15, 0.2) is 36.5 Å². The van der Waals surface area contributed by atoms with E-state index in [0.29, 0.717) is 18.0 Å². The molecule has 0 aliphatic heterocycles. The zero-order chi connectivity index (χ0) is 16.9. The maximum atomic E-state index is 12.2. The van der Waals surface area contributed by atoms with Gasteiger partial charge in [-0.15, -0.1) is 0 Å². The smallest absolute Gasteiger partial charge is 0.255 e. The first kappa shape index (κ1) is 16.3. The van der Waals surface area contributed by atoms with Crippen molar-refractivity contribution in [2.75, 3.05) is 0 Å². The number of pyridine rings is 1. The van der Waals surface area contributed by atoms with Crippen LogP contribution in [0.4, 0.5) is 0 Å². The topological polar surface area (TPSA) is 71.5 Å². The molecule has 0 unspecified atom stereocenters. The number of aromatic hydroxyl groups is 1. The summed E-state index contributed by atoms with van der Waals surface area (Å²) in [5, 5.41) is 12.7. The molecule has 2 aromatic rings. The van der Waals surface area contributed by atoms with Gasteiger partial charge < -0.3 is 15.2 Å². The number of benzene rings is 1. The Morgan fingerprint density at radius 2 is 2.08 bits per heavy atom. The van der Waals surface area contributed by atoms with Gasteiger partial charge in [0.2, 0.25) is 5.88 Å². The number of aryl methyl sites for hydroxylation is 1. The van der Waals surface area contributed by atoms with Crippen LogP contribution in [0.3, 0.4) is 0 Å². The van der Waals surface area contributed by atoms with Gasteiger partial charge in [0.15, 0.2) is 0 Å². The van der Waals surface area contributed by atoms with Crippen LogP contribution in [-0.4, -0.2) is 22.1 Å². The highest BCUT2D eigenvalue weighted by Gasteiger charge is 2.17. The summed E-state index contributed by atoms with van der Waals surface area (Å²) in [6, 6.07) is 8.85. The number of hydrogen-bond donors (Lipinski definition) is 2. The summed E-state index contributed by atoms with van der Waals surface area (Å²) in [6.07, 6.45) is 6.63. The molecule has 1 aliphatic carbocycles. The highest BCUT2D eigenvalue weighted by molar-refractivity contribution is 5.97. The average Bonchev–Trinajstić information content (AvgIpc) is 3.09. The van der Waals surface area contributed by atoms with Crippen LogP contribution in [-0.2, 0) is 6.54 Å². The lowest BCUT2D eigenvalue weighted by molar-refractivity contribution is 0.0948. The van der Waals surface area contributed by atoms with Gasteiger partial charge in [-0.1, -0.05) is 18.2 Å². The summed E-state index contributed by atoms with van der Waals surface area (Å²) in [5.74, 6) is 0.351. The van der Waals surface area contributed by atoms with Crippen LogP contribution in [0.25, 0.3) is 0 Å². The molecule has 1 heterocycles. The van der Waals surface area contributed by atoms with E-state index < -0.39 is 0 Å². The third kappa shape index (κ3) is 3.85. The Morgan fingerprint density at radius 1 is 1.29 bits per heavy atom. The highest BCUT2D eigenvalue weighted by Crippen LogP contribution is 2.23. The van der Waals surface area contributed by atoms with Crippen molar-refractivity contribution >= 4 is 5.91 Å².